The molecule has 192 valence electrons. The SMILES string of the molecule is CCCC(=O)c1cc(C#N)c(N(C(=O)C2CCNCC2)S(=O)(=O)Cc2ccc(OC)cc2)nc1OC. The van der Waals surface area contributed by atoms with Crippen LogP contribution in [0.15, 0.2) is 30.3 Å². The number of anilines is 1. The van der Waals surface area contributed by atoms with Gasteiger partial charge in [-0.25, -0.2) is 8.42 Å². The summed E-state index contributed by atoms with van der Waals surface area (Å²) in [7, 11) is -1.53. The molecule has 1 saturated heterocycles. The van der Waals surface area contributed by atoms with E-state index >= 15 is 0 Å². The number of hydrogen-bond acceptors (Lipinski definition) is 9. The van der Waals surface area contributed by atoms with Gasteiger partial charge in [-0.1, -0.05) is 19.1 Å². The third-order valence-corrected chi connectivity index (χ3v) is 7.53. The fourth-order valence-corrected chi connectivity index (χ4v) is 5.61. The number of pyridine rings is 1. The van der Waals surface area contributed by atoms with E-state index in [9.17, 15) is 23.3 Å². The van der Waals surface area contributed by atoms with Crippen molar-refractivity contribution < 1.29 is 27.5 Å². The van der Waals surface area contributed by atoms with E-state index in [0.717, 1.165) is 0 Å². The molecule has 1 aromatic heterocycles. The average Bonchev–Trinajstić information content (AvgIpc) is 2.89. The molecule has 0 atom stereocenters. The van der Waals surface area contributed by atoms with Crippen LogP contribution in [0.3, 0.4) is 0 Å². The fourth-order valence-electron chi connectivity index (χ4n) is 4.05. The van der Waals surface area contributed by atoms with Crippen molar-refractivity contribution in [1.82, 2.24) is 10.3 Å². The van der Waals surface area contributed by atoms with E-state index in [4.69, 9.17) is 9.47 Å². The van der Waals surface area contributed by atoms with Crippen molar-refractivity contribution >= 4 is 27.5 Å². The standard InChI is InChI=1S/C25H30N4O6S/c1-4-5-22(30)21-14-19(15-26)23(28-24(21)35-3)29(25(31)18-10-12-27-13-11-18)36(32,33)16-17-6-8-20(34-2)9-7-17/h6-9,14,18,27H,4-5,10-13,16H2,1-3H3. The van der Waals surface area contributed by atoms with E-state index in [1.165, 1.54) is 20.3 Å². The molecule has 36 heavy (non-hydrogen) atoms. The van der Waals surface area contributed by atoms with Gasteiger partial charge in [-0.2, -0.15) is 14.6 Å². The number of Topliss-reactive ketones (excluding diaryl/α,β-unsaturated/α-hetero) is 1. The predicted molar refractivity (Wildman–Crippen MR) is 133 cm³/mol. The number of rotatable bonds is 10. The maximum Gasteiger partial charge on any atom is 0.247 e. The maximum absolute atomic E-state index is 13.7. The first-order chi connectivity index (χ1) is 17.2. The van der Waals surface area contributed by atoms with Crippen LogP contribution in [0, 0.1) is 17.2 Å². The highest BCUT2D eigenvalue weighted by Gasteiger charge is 2.38. The molecule has 0 aliphatic carbocycles. The Bertz CT molecular complexity index is 1250. The maximum atomic E-state index is 13.7. The van der Waals surface area contributed by atoms with Gasteiger partial charge in [-0.05, 0) is 56.1 Å². The summed E-state index contributed by atoms with van der Waals surface area (Å²) in [5.74, 6) is -1.96. The van der Waals surface area contributed by atoms with Gasteiger partial charge in [0.25, 0.3) is 0 Å². The van der Waals surface area contributed by atoms with E-state index in [2.05, 4.69) is 10.3 Å². The Kier molecular flexibility index (Phi) is 9.01. The van der Waals surface area contributed by atoms with Crippen LogP contribution in [0.5, 0.6) is 11.6 Å². The number of carbonyl (C=O) groups excluding carboxylic acids is 2. The topological polar surface area (TPSA) is 139 Å². The smallest absolute Gasteiger partial charge is 0.247 e. The number of piperidine rings is 1. The first-order valence-corrected chi connectivity index (χ1v) is 13.3. The number of ether oxygens (including phenoxy) is 2. The summed E-state index contributed by atoms with van der Waals surface area (Å²) in [6.45, 7) is 2.97. The number of amides is 1. The van der Waals surface area contributed by atoms with Crippen LogP contribution in [0.1, 0.15) is 54.1 Å². The van der Waals surface area contributed by atoms with Crippen molar-refractivity contribution in [2.45, 2.75) is 38.4 Å². The number of nitriles is 1. The lowest BCUT2D eigenvalue weighted by Crippen LogP contribution is -2.45. The lowest BCUT2D eigenvalue weighted by molar-refractivity contribution is -0.121. The number of methoxy groups -OCH3 is 2. The lowest BCUT2D eigenvalue weighted by atomic mass is 9.97. The molecule has 1 aromatic carbocycles. The predicted octanol–water partition coefficient (Wildman–Crippen LogP) is 2.82. The number of aromatic nitrogens is 1. The summed E-state index contributed by atoms with van der Waals surface area (Å²) in [5.41, 5.74) is 0.302. The second-order valence-electron chi connectivity index (χ2n) is 8.43. The van der Waals surface area contributed by atoms with Gasteiger partial charge in [0.05, 0.1) is 31.1 Å². The molecule has 1 amide bonds. The van der Waals surface area contributed by atoms with E-state index in [1.807, 2.05) is 13.0 Å². The number of hydrogen-bond donors (Lipinski definition) is 1. The van der Waals surface area contributed by atoms with E-state index in [0.29, 0.717) is 48.0 Å². The van der Waals surface area contributed by atoms with Gasteiger partial charge < -0.3 is 14.8 Å². The summed E-state index contributed by atoms with van der Waals surface area (Å²) >= 11 is 0. The van der Waals surface area contributed by atoms with Crippen LogP contribution < -0.4 is 19.1 Å². The van der Waals surface area contributed by atoms with Crippen molar-refractivity contribution in [1.29, 1.82) is 5.26 Å². The van der Waals surface area contributed by atoms with Crippen LogP contribution >= 0.6 is 0 Å². The van der Waals surface area contributed by atoms with Gasteiger partial charge in [-0.15, -0.1) is 0 Å². The van der Waals surface area contributed by atoms with Crippen LogP contribution in [0.4, 0.5) is 5.82 Å². The van der Waals surface area contributed by atoms with E-state index in [-0.39, 0.29) is 35.0 Å². The lowest BCUT2D eigenvalue weighted by Gasteiger charge is -2.29. The van der Waals surface area contributed by atoms with Crippen LogP contribution in [0.2, 0.25) is 0 Å². The Morgan fingerprint density at radius 2 is 1.83 bits per heavy atom. The second-order valence-corrected chi connectivity index (χ2v) is 10.3. The molecule has 2 heterocycles. The zero-order valence-corrected chi connectivity index (χ0v) is 21.4. The summed E-state index contributed by atoms with van der Waals surface area (Å²) in [6.07, 6.45) is 1.66. The number of nitrogens with one attached hydrogen (secondary N) is 1. The minimum atomic E-state index is -4.33. The molecule has 11 heteroatoms. The fraction of sp³-hybridized carbons (Fsp3) is 0.440. The zero-order valence-electron chi connectivity index (χ0n) is 20.6. The highest BCUT2D eigenvalue weighted by Crippen LogP contribution is 2.32. The van der Waals surface area contributed by atoms with Crippen molar-refractivity contribution in [2.24, 2.45) is 5.92 Å². The molecule has 2 aromatic rings. The van der Waals surface area contributed by atoms with Gasteiger partial charge in [0, 0.05) is 12.3 Å². The molecule has 0 unspecified atom stereocenters. The Labute approximate surface area is 211 Å². The number of sulfonamides is 1. The number of benzene rings is 1. The van der Waals surface area contributed by atoms with Crippen LogP contribution in [-0.4, -0.2) is 52.4 Å². The molecule has 0 spiro atoms. The molecule has 1 aliphatic rings. The Morgan fingerprint density at radius 1 is 1.17 bits per heavy atom. The van der Waals surface area contributed by atoms with Crippen molar-refractivity contribution in [3.63, 3.8) is 0 Å². The minimum absolute atomic E-state index is 0.0708. The highest BCUT2D eigenvalue weighted by molar-refractivity contribution is 7.92. The van der Waals surface area contributed by atoms with Gasteiger partial charge in [0.2, 0.25) is 21.8 Å². The molecule has 10 nitrogen and oxygen atoms in total. The molecule has 0 saturated carbocycles. The molecule has 0 bridgehead atoms. The largest absolute Gasteiger partial charge is 0.497 e. The molecule has 3 rings (SSSR count). The summed E-state index contributed by atoms with van der Waals surface area (Å²) in [6, 6.07) is 9.61. The first kappa shape index (κ1) is 27.1. The number of nitrogens with zero attached hydrogens (tertiary/aromatic N) is 3. The van der Waals surface area contributed by atoms with Crippen LogP contribution in [0.25, 0.3) is 0 Å². The number of carbonyl (C=O) groups is 2. The van der Waals surface area contributed by atoms with E-state index in [1.54, 1.807) is 24.3 Å². The number of ketones is 1. The Hall–Kier alpha value is -3.49. The van der Waals surface area contributed by atoms with Crippen LogP contribution in [-0.2, 0) is 20.6 Å². The molecule has 1 N–H and O–H groups in total. The summed E-state index contributed by atoms with van der Waals surface area (Å²) in [5, 5.41) is 13.0. The van der Waals surface area contributed by atoms with Gasteiger partial charge >= 0.3 is 0 Å². The molecule has 1 fully saturated rings. The quantitative estimate of drug-likeness (QED) is 0.474. The molecule has 1 aliphatic heterocycles. The van der Waals surface area contributed by atoms with Crippen molar-refractivity contribution in [3.05, 3.63) is 47.0 Å². The molecular formula is C25H30N4O6S. The first-order valence-electron chi connectivity index (χ1n) is 11.7. The van der Waals surface area contributed by atoms with E-state index < -0.39 is 27.6 Å². The monoisotopic (exact) mass is 514 g/mol. The third-order valence-electron chi connectivity index (χ3n) is 5.93. The summed E-state index contributed by atoms with van der Waals surface area (Å²) < 4.78 is 38.5. The average molecular weight is 515 g/mol. The highest BCUT2D eigenvalue weighted by atomic mass is 32.2. The van der Waals surface area contributed by atoms with Gasteiger partial charge in [0.15, 0.2) is 11.6 Å². The molecular weight excluding hydrogens is 484 g/mol. The van der Waals surface area contributed by atoms with Gasteiger partial charge in [-0.3, -0.25) is 9.59 Å². The van der Waals surface area contributed by atoms with Crippen molar-refractivity contribution in [2.75, 3.05) is 31.6 Å². The van der Waals surface area contributed by atoms with Crippen molar-refractivity contribution in [3.8, 4) is 17.7 Å². The Morgan fingerprint density at radius 3 is 2.39 bits per heavy atom. The second kappa shape index (κ2) is 12.0. The molecule has 0 radical (unpaired) electrons. The Balaban J connectivity index is 2.14. The third kappa shape index (κ3) is 6.01. The van der Waals surface area contributed by atoms with Gasteiger partial charge in [0.1, 0.15) is 11.8 Å². The minimum Gasteiger partial charge on any atom is -0.497 e. The normalized spacial score (nSPS) is 14.1. The summed E-state index contributed by atoms with van der Waals surface area (Å²) in [4.78, 5) is 30.5. The zero-order chi connectivity index (χ0) is 26.3.